The van der Waals surface area contributed by atoms with Gasteiger partial charge in [-0.25, -0.2) is 9.97 Å². The summed E-state index contributed by atoms with van der Waals surface area (Å²) in [6.07, 6.45) is 19.7. The Balaban J connectivity index is 1.06. The van der Waals surface area contributed by atoms with Crippen molar-refractivity contribution in [3.05, 3.63) is 181 Å². The molecule has 0 fully saturated rings. The zero-order chi connectivity index (χ0) is 37.0. The Labute approximate surface area is 324 Å². The molecule has 5 aromatic carbocycles. The number of benzene rings is 5. The summed E-state index contributed by atoms with van der Waals surface area (Å²) < 4.78 is 4.86. The summed E-state index contributed by atoms with van der Waals surface area (Å²) in [4.78, 5) is 19.5. The van der Waals surface area contributed by atoms with Crippen LogP contribution in [0.3, 0.4) is 0 Å². The van der Waals surface area contributed by atoms with Gasteiger partial charge in [-0.1, -0.05) is 103 Å². The van der Waals surface area contributed by atoms with Crippen molar-refractivity contribution in [3.63, 3.8) is 0 Å². The molecule has 56 heavy (non-hydrogen) atoms. The number of rotatable bonds is 6. The van der Waals surface area contributed by atoms with Crippen LogP contribution in [0.25, 0.3) is 66.3 Å². The summed E-state index contributed by atoms with van der Waals surface area (Å²) in [6.45, 7) is 0. The molecule has 0 amide bonds. The molecule has 2 aliphatic heterocycles. The minimum Gasteiger partial charge on any atom is -0.309 e. The largest absolute Gasteiger partial charge is 0.309 e. The summed E-state index contributed by atoms with van der Waals surface area (Å²) in [6, 6.07) is 44.2. The highest BCUT2D eigenvalue weighted by atomic mass is 15.0. The van der Waals surface area contributed by atoms with Crippen molar-refractivity contribution in [2.24, 2.45) is 9.98 Å². The molecule has 268 valence electrons. The van der Waals surface area contributed by atoms with E-state index < -0.39 is 0 Å². The van der Waals surface area contributed by atoms with E-state index in [1.807, 2.05) is 12.4 Å². The van der Waals surface area contributed by atoms with Gasteiger partial charge < -0.3 is 9.13 Å². The molecule has 5 heterocycles. The molecule has 0 saturated heterocycles. The first-order chi connectivity index (χ1) is 27.8. The smallest absolute Gasteiger partial charge is 0.174 e. The lowest BCUT2D eigenvalue weighted by molar-refractivity contribution is 0.803. The van der Waals surface area contributed by atoms with Crippen LogP contribution in [-0.2, 0) is 0 Å². The molecule has 11 rings (SSSR count). The number of fused-ring (bicyclic) bond motifs is 6. The van der Waals surface area contributed by atoms with Gasteiger partial charge in [0.25, 0.3) is 0 Å². The molecule has 1 unspecified atom stereocenters. The summed E-state index contributed by atoms with van der Waals surface area (Å²) in [5.74, 6) is 0.811. The summed E-state index contributed by atoms with van der Waals surface area (Å²) in [7, 11) is 0. The fourth-order valence-corrected chi connectivity index (χ4v) is 8.74. The predicted molar refractivity (Wildman–Crippen MR) is 232 cm³/mol. The van der Waals surface area contributed by atoms with Crippen LogP contribution in [0, 0.1) is 0 Å². The number of aromatic nitrogens is 4. The highest BCUT2D eigenvalue weighted by Crippen LogP contribution is 2.39. The van der Waals surface area contributed by atoms with E-state index >= 15 is 0 Å². The zero-order valence-corrected chi connectivity index (χ0v) is 30.9. The van der Waals surface area contributed by atoms with Crippen LogP contribution in [0.1, 0.15) is 60.8 Å². The van der Waals surface area contributed by atoms with Gasteiger partial charge in [0.1, 0.15) is 0 Å². The van der Waals surface area contributed by atoms with E-state index in [1.165, 1.54) is 54.7 Å². The van der Waals surface area contributed by atoms with Gasteiger partial charge in [-0.2, -0.15) is 0 Å². The number of aliphatic imine (C=N–C) groups is 2. The first kappa shape index (κ1) is 32.5. The standard InChI is InChI=1S/C50H38N6/c1-5-19-46-38(13-1)39-14-2-6-20-47(39)55(46)36-29-35(30-37(31-36)56-48-21-7-3-15-40(48)41-16-4-8-22-49(41)56)33-23-25-34(26-24-33)44-32-45(42-17-9-11-27-51-42)54-50(53-44)43-18-10-12-28-52-43/h1-8,12-17,19-25,27-32,34H,9-11,18,26H2. The van der Waals surface area contributed by atoms with Crippen LogP contribution in [0.5, 0.6) is 0 Å². The van der Waals surface area contributed by atoms with Crippen molar-refractivity contribution < 1.29 is 0 Å². The topological polar surface area (TPSA) is 60.4 Å². The molecule has 3 aromatic heterocycles. The van der Waals surface area contributed by atoms with Crippen molar-refractivity contribution in [1.82, 2.24) is 19.1 Å². The van der Waals surface area contributed by atoms with Gasteiger partial charge >= 0.3 is 0 Å². The molecule has 6 nitrogen and oxygen atoms in total. The normalized spacial score (nSPS) is 16.9. The second-order valence-corrected chi connectivity index (χ2v) is 14.8. The second-order valence-electron chi connectivity index (χ2n) is 14.8. The highest BCUT2D eigenvalue weighted by molar-refractivity contribution is 6.10. The Morgan fingerprint density at radius 2 is 1.20 bits per heavy atom. The number of hydrogen-bond donors (Lipinski definition) is 0. The van der Waals surface area contributed by atoms with E-state index in [0.717, 1.165) is 66.3 Å². The first-order valence-electron chi connectivity index (χ1n) is 19.6. The van der Waals surface area contributed by atoms with Crippen molar-refractivity contribution >= 4 is 66.8 Å². The monoisotopic (exact) mass is 722 g/mol. The van der Waals surface area contributed by atoms with Crippen LogP contribution < -0.4 is 0 Å². The lowest BCUT2D eigenvalue weighted by Crippen LogP contribution is -2.13. The van der Waals surface area contributed by atoms with Crippen LogP contribution in [0.15, 0.2) is 168 Å². The maximum absolute atomic E-state index is 5.14. The summed E-state index contributed by atoms with van der Waals surface area (Å²) >= 11 is 0. The molecule has 1 atom stereocenters. The van der Waals surface area contributed by atoms with Gasteiger partial charge in [0, 0.05) is 51.3 Å². The second kappa shape index (κ2) is 13.4. The average molecular weight is 723 g/mol. The number of allylic oxidation sites excluding steroid dienone is 6. The van der Waals surface area contributed by atoms with Gasteiger partial charge in [-0.05, 0) is 91.8 Å². The number of hydrogen-bond acceptors (Lipinski definition) is 4. The van der Waals surface area contributed by atoms with E-state index in [2.05, 4.69) is 166 Å². The molecule has 0 spiro atoms. The lowest BCUT2D eigenvalue weighted by Gasteiger charge is -2.20. The van der Waals surface area contributed by atoms with E-state index in [4.69, 9.17) is 15.0 Å². The minimum absolute atomic E-state index is 0.101. The van der Waals surface area contributed by atoms with Gasteiger partial charge in [0.05, 0.1) is 44.9 Å². The van der Waals surface area contributed by atoms with E-state index in [-0.39, 0.29) is 5.92 Å². The highest BCUT2D eigenvalue weighted by Gasteiger charge is 2.22. The van der Waals surface area contributed by atoms with Gasteiger partial charge in [0.15, 0.2) is 5.82 Å². The number of para-hydroxylation sites is 4. The molecule has 0 saturated carbocycles. The molecule has 6 heteroatoms. The average Bonchev–Trinajstić information content (AvgIpc) is 3.80. The van der Waals surface area contributed by atoms with Crippen LogP contribution >= 0.6 is 0 Å². The number of nitrogens with zero attached hydrogens (tertiary/aromatic N) is 6. The third-order valence-electron chi connectivity index (χ3n) is 11.4. The van der Waals surface area contributed by atoms with E-state index in [9.17, 15) is 0 Å². The quantitative estimate of drug-likeness (QED) is 0.172. The predicted octanol–water partition coefficient (Wildman–Crippen LogP) is 12.1. The fraction of sp³-hybridized carbons (Fsp3) is 0.120. The Bertz CT molecular complexity index is 2830. The molecule has 0 N–H and O–H groups in total. The molecular weight excluding hydrogens is 685 g/mol. The van der Waals surface area contributed by atoms with E-state index in [0.29, 0.717) is 5.82 Å². The van der Waals surface area contributed by atoms with Crippen LogP contribution in [-0.4, -0.2) is 31.0 Å². The van der Waals surface area contributed by atoms with Crippen LogP contribution in [0.4, 0.5) is 0 Å². The molecular formula is C50H38N6. The third kappa shape index (κ3) is 5.48. The Hall–Kier alpha value is -6.92. The lowest BCUT2D eigenvalue weighted by atomic mass is 9.90. The van der Waals surface area contributed by atoms with Crippen molar-refractivity contribution in [3.8, 4) is 11.4 Å². The van der Waals surface area contributed by atoms with Gasteiger partial charge in [-0.3, -0.25) is 9.98 Å². The third-order valence-corrected chi connectivity index (χ3v) is 11.4. The van der Waals surface area contributed by atoms with Gasteiger partial charge in [-0.15, -0.1) is 0 Å². The zero-order valence-electron chi connectivity index (χ0n) is 30.9. The first-order valence-corrected chi connectivity index (χ1v) is 19.6. The fourth-order valence-electron chi connectivity index (χ4n) is 8.74. The van der Waals surface area contributed by atoms with Crippen molar-refractivity contribution in [2.75, 3.05) is 0 Å². The molecule has 1 aliphatic carbocycles. The summed E-state index contributed by atoms with van der Waals surface area (Å²) in [5.41, 5.74) is 13.1. The molecule has 0 bridgehead atoms. The molecule has 3 aliphatic rings. The molecule has 0 radical (unpaired) electrons. The molecule has 8 aromatic rings. The Kier molecular flexibility index (Phi) is 7.80. The van der Waals surface area contributed by atoms with Crippen molar-refractivity contribution in [2.45, 2.75) is 38.0 Å². The Morgan fingerprint density at radius 1 is 0.589 bits per heavy atom. The maximum Gasteiger partial charge on any atom is 0.174 e. The van der Waals surface area contributed by atoms with Crippen LogP contribution in [0.2, 0.25) is 0 Å². The van der Waals surface area contributed by atoms with Gasteiger partial charge in [0.2, 0.25) is 0 Å². The SMILES string of the molecule is C1=CN=C(c2nc(C3=CCCC=N3)cc(C3C=CC(c4cc(-n5c6ccccc6c6ccccc65)cc(-n5c6ccccc6c6ccccc65)c4)=CC3)n2)CC1. The summed E-state index contributed by atoms with van der Waals surface area (Å²) in [5, 5.41) is 5.00. The maximum atomic E-state index is 5.14. The van der Waals surface area contributed by atoms with E-state index in [1.54, 1.807) is 0 Å². The minimum atomic E-state index is 0.101. The van der Waals surface area contributed by atoms with Crippen molar-refractivity contribution in [1.29, 1.82) is 0 Å². The Morgan fingerprint density at radius 3 is 1.71 bits per heavy atom.